The number of rotatable bonds is 7. The topological polar surface area (TPSA) is 56.7 Å². The lowest BCUT2D eigenvalue weighted by Crippen LogP contribution is -1.95. The Morgan fingerprint density at radius 1 is 1.26 bits per heavy atom. The van der Waals surface area contributed by atoms with Crippen LogP contribution in [0.2, 0.25) is 0 Å². The smallest absolute Gasteiger partial charge is 0.237 e. The number of benzene rings is 1. The molecule has 0 bridgehead atoms. The average Bonchev–Trinajstić information content (AvgIpc) is 3.21. The lowest BCUT2D eigenvalue weighted by atomic mass is 10.2. The van der Waals surface area contributed by atoms with E-state index in [9.17, 15) is 0 Å². The highest BCUT2D eigenvalue weighted by molar-refractivity contribution is 9.10. The largest absolute Gasteiger partial charge is 0.338 e. The Hall–Kier alpha value is -1.60. The lowest BCUT2D eigenvalue weighted by molar-refractivity contribution is 0.384. The van der Waals surface area contributed by atoms with Gasteiger partial charge in [-0.05, 0) is 30.7 Å². The number of nitrogens with zero attached hydrogens (tertiary/aromatic N) is 4. The van der Waals surface area contributed by atoms with Gasteiger partial charge in [0.1, 0.15) is 0 Å². The average molecular weight is 393 g/mol. The van der Waals surface area contributed by atoms with Crippen LogP contribution in [0.5, 0.6) is 0 Å². The maximum atomic E-state index is 5.30. The SMILES string of the molecule is CCCCc1noc(CSc2nccn2-c2ccc(Br)cc2)n1. The van der Waals surface area contributed by atoms with Gasteiger partial charge in [-0.2, -0.15) is 4.98 Å². The van der Waals surface area contributed by atoms with Crippen molar-refractivity contribution in [1.82, 2.24) is 19.7 Å². The first-order valence-electron chi connectivity index (χ1n) is 7.50. The summed E-state index contributed by atoms with van der Waals surface area (Å²) in [5.41, 5.74) is 1.07. The molecule has 0 spiro atoms. The van der Waals surface area contributed by atoms with Crippen LogP contribution in [-0.2, 0) is 12.2 Å². The van der Waals surface area contributed by atoms with E-state index in [0.29, 0.717) is 11.6 Å². The maximum Gasteiger partial charge on any atom is 0.237 e. The van der Waals surface area contributed by atoms with Crippen LogP contribution in [0.1, 0.15) is 31.5 Å². The normalized spacial score (nSPS) is 11.0. The molecular formula is C16H17BrN4OS. The van der Waals surface area contributed by atoms with E-state index in [1.165, 1.54) is 0 Å². The van der Waals surface area contributed by atoms with Gasteiger partial charge in [0.15, 0.2) is 11.0 Å². The van der Waals surface area contributed by atoms with Crippen molar-refractivity contribution in [2.75, 3.05) is 0 Å². The molecule has 0 fully saturated rings. The Kier molecular flexibility index (Phi) is 5.51. The first-order valence-corrected chi connectivity index (χ1v) is 9.27. The molecule has 23 heavy (non-hydrogen) atoms. The first-order chi connectivity index (χ1) is 11.3. The van der Waals surface area contributed by atoms with Crippen molar-refractivity contribution < 1.29 is 4.52 Å². The van der Waals surface area contributed by atoms with E-state index >= 15 is 0 Å². The van der Waals surface area contributed by atoms with Crippen LogP contribution < -0.4 is 0 Å². The third-order valence-electron chi connectivity index (χ3n) is 3.30. The van der Waals surface area contributed by atoms with Gasteiger partial charge in [0, 0.05) is 29.0 Å². The standard InChI is InChI=1S/C16H17BrN4OS/c1-2-3-4-14-19-15(22-20-14)11-23-16-18-9-10-21(16)13-7-5-12(17)6-8-13/h5-10H,2-4,11H2,1H3. The van der Waals surface area contributed by atoms with Crippen molar-refractivity contribution in [3.63, 3.8) is 0 Å². The van der Waals surface area contributed by atoms with Gasteiger partial charge in [-0.1, -0.05) is 46.2 Å². The number of aryl methyl sites for hydroxylation is 1. The third-order valence-corrected chi connectivity index (χ3v) is 4.78. The maximum absolute atomic E-state index is 5.30. The Morgan fingerprint density at radius 2 is 2.09 bits per heavy atom. The molecule has 0 N–H and O–H groups in total. The van der Waals surface area contributed by atoms with Crippen LogP contribution in [0.15, 0.2) is 50.8 Å². The van der Waals surface area contributed by atoms with Crippen LogP contribution in [0.25, 0.3) is 5.69 Å². The Bertz CT molecular complexity index is 754. The minimum absolute atomic E-state index is 0.618. The number of unbranched alkanes of at least 4 members (excludes halogenated alkanes) is 1. The molecule has 0 saturated carbocycles. The van der Waals surface area contributed by atoms with Gasteiger partial charge < -0.3 is 4.52 Å². The Balaban J connectivity index is 1.66. The van der Waals surface area contributed by atoms with Gasteiger partial charge in [0.25, 0.3) is 0 Å². The minimum Gasteiger partial charge on any atom is -0.338 e. The quantitative estimate of drug-likeness (QED) is 0.547. The van der Waals surface area contributed by atoms with Crippen molar-refractivity contribution in [2.45, 2.75) is 37.1 Å². The molecule has 120 valence electrons. The zero-order valence-electron chi connectivity index (χ0n) is 12.8. The molecule has 7 heteroatoms. The molecule has 0 saturated heterocycles. The van der Waals surface area contributed by atoms with Gasteiger partial charge in [-0.25, -0.2) is 4.98 Å². The highest BCUT2D eigenvalue weighted by Gasteiger charge is 2.10. The number of imidazole rings is 1. The number of thioether (sulfide) groups is 1. The van der Waals surface area contributed by atoms with Crippen LogP contribution in [-0.4, -0.2) is 19.7 Å². The van der Waals surface area contributed by atoms with E-state index in [1.807, 2.05) is 35.0 Å². The highest BCUT2D eigenvalue weighted by atomic mass is 79.9. The van der Waals surface area contributed by atoms with Crippen LogP contribution in [0.4, 0.5) is 0 Å². The summed E-state index contributed by atoms with van der Waals surface area (Å²) in [5.74, 6) is 2.05. The fraction of sp³-hybridized carbons (Fsp3) is 0.312. The lowest BCUT2D eigenvalue weighted by Gasteiger charge is -2.06. The summed E-state index contributed by atoms with van der Waals surface area (Å²) < 4.78 is 8.40. The summed E-state index contributed by atoms with van der Waals surface area (Å²) in [6.45, 7) is 2.15. The van der Waals surface area contributed by atoms with E-state index in [4.69, 9.17) is 4.52 Å². The van der Waals surface area contributed by atoms with Crippen LogP contribution >= 0.6 is 27.7 Å². The molecule has 0 atom stereocenters. The highest BCUT2D eigenvalue weighted by Crippen LogP contribution is 2.24. The third kappa shape index (κ3) is 4.23. The fourth-order valence-electron chi connectivity index (χ4n) is 2.11. The second-order valence-corrected chi connectivity index (χ2v) is 6.91. The summed E-state index contributed by atoms with van der Waals surface area (Å²) in [6, 6.07) is 8.13. The van der Waals surface area contributed by atoms with Gasteiger partial charge in [0.2, 0.25) is 5.89 Å². The Labute approximate surface area is 147 Å². The van der Waals surface area contributed by atoms with E-state index in [2.05, 4.69) is 38.0 Å². The van der Waals surface area contributed by atoms with Crippen molar-refractivity contribution in [3.8, 4) is 5.69 Å². The molecule has 5 nitrogen and oxygen atoms in total. The van der Waals surface area contributed by atoms with E-state index in [-0.39, 0.29) is 0 Å². The molecule has 0 aliphatic carbocycles. The van der Waals surface area contributed by atoms with Gasteiger partial charge >= 0.3 is 0 Å². The number of hydrogen-bond acceptors (Lipinski definition) is 5. The fourth-order valence-corrected chi connectivity index (χ4v) is 3.18. The predicted molar refractivity (Wildman–Crippen MR) is 93.7 cm³/mol. The summed E-state index contributed by atoms with van der Waals surface area (Å²) >= 11 is 5.04. The summed E-state index contributed by atoms with van der Waals surface area (Å²) in [5, 5.41) is 4.92. The molecule has 2 aromatic heterocycles. The number of halogens is 1. The Morgan fingerprint density at radius 3 is 2.87 bits per heavy atom. The van der Waals surface area contributed by atoms with Crippen molar-refractivity contribution >= 4 is 27.7 Å². The predicted octanol–water partition coefficient (Wildman–Crippen LogP) is 4.65. The van der Waals surface area contributed by atoms with E-state index in [0.717, 1.165) is 40.4 Å². The second kappa shape index (κ2) is 7.79. The van der Waals surface area contributed by atoms with Gasteiger partial charge in [0.05, 0.1) is 5.75 Å². The molecule has 0 radical (unpaired) electrons. The number of hydrogen-bond donors (Lipinski definition) is 0. The molecule has 0 amide bonds. The molecule has 0 aliphatic heterocycles. The second-order valence-electron chi connectivity index (χ2n) is 5.05. The van der Waals surface area contributed by atoms with Crippen LogP contribution in [0, 0.1) is 0 Å². The zero-order valence-corrected chi connectivity index (χ0v) is 15.2. The summed E-state index contributed by atoms with van der Waals surface area (Å²) in [6.07, 6.45) is 6.83. The summed E-state index contributed by atoms with van der Waals surface area (Å²) in [4.78, 5) is 8.83. The van der Waals surface area contributed by atoms with Crippen molar-refractivity contribution in [2.24, 2.45) is 0 Å². The zero-order chi connectivity index (χ0) is 16.1. The minimum atomic E-state index is 0.618. The molecular weight excluding hydrogens is 376 g/mol. The molecule has 0 unspecified atom stereocenters. The van der Waals surface area contributed by atoms with Gasteiger partial charge in [-0.3, -0.25) is 4.57 Å². The first kappa shape index (κ1) is 16.3. The molecule has 3 aromatic rings. The van der Waals surface area contributed by atoms with Crippen molar-refractivity contribution in [3.05, 3.63) is 52.8 Å². The monoisotopic (exact) mass is 392 g/mol. The molecule has 3 rings (SSSR count). The molecule has 2 heterocycles. The van der Waals surface area contributed by atoms with E-state index in [1.54, 1.807) is 18.0 Å². The molecule has 0 aliphatic rings. The van der Waals surface area contributed by atoms with E-state index < -0.39 is 0 Å². The van der Waals surface area contributed by atoms with Crippen LogP contribution in [0.3, 0.4) is 0 Å². The summed E-state index contributed by atoms with van der Waals surface area (Å²) in [7, 11) is 0. The van der Waals surface area contributed by atoms with Gasteiger partial charge in [-0.15, -0.1) is 0 Å². The molecule has 1 aromatic carbocycles. The number of aromatic nitrogens is 4. The van der Waals surface area contributed by atoms with Crippen molar-refractivity contribution in [1.29, 1.82) is 0 Å².